The molecule has 50 valence electrons. The summed E-state index contributed by atoms with van der Waals surface area (Å²) in [6, 6.07) is 0. The number of nitrogens with zero attached hydrogens (tertiary/aromatic N) is 2. The van der Waals surface area contributed by atoms with Crippen LogP contribution in [-0.4, -0.2) is 9.78 Å². The van der Waals surface area contributed by atoms with Crippen molar-refractivity contribution in [2.75, 3.05) is 17.2 Å². The van der Waals surface area contributed by atoms with Gasteiger partial charge in [0.05, 0.1) is 0 Å². The zero-order valence-corrected chi connectivity index (χ0v) is 5.13. The van der Waals surface area contributed by atoms with Crippen molar-refractivity contribution in [2.24, 2.45) is 7.05 Å². The minimum absolute atomic E-state index is 0.287. The van der Waals surface area contributed by atoms with Crippen LogP contribution in [0.2, 0.25) is 0 Å². The summed E-state index contributed by atoms with van der Waals surface area (Å²) in [5.41, 5.74) is 16.4. The van der Waals surface area contributed by atoms with Gasteiger partial charge in [-0.15, -0.1) is 0 Å². The van der Waals surface area contributed by atoms with Crippen LogP contribution >= 0.6 is 0 Å². The summed E-state index contributed by atoms with van der Waals surface area (Å²) in [7, 11) is 1.68. The molecule has 1 aromatic heterocycles. The second-order valence-corrected chi connectivity index (χ2v) is 1.81. The molecule has 9 heavy (non-hydrogen) atoms. The molecule has 0 aliphatic rings. The largest absolute Gasteiger partial charge is 0.393 e. The van der Waals surface area contributed by atoms with E-state index in [0.717, 1.165) is 0 Å². The number of hydrogen-bond acceptors (Lipinski definition) is 4. The van der Waals surface area contributed by atoms with Gasteiger partial charge in [-0.05, 0) is 0 Å². The van der Waals surface area contributed by atoms with Crippen LogP contribution in [0.1, 0.15) is 0 Å². The first-order valence-corrected chi connectivity index (χ1v) is 2.46. The number of anilines is 3. The van der Waals surface area contributed by atoms with Crippen LogP contribution in [0.15, 0.2) is 0 Å². The minimum Gasteiger partial charge on any atom is -0.393 e. The Balaban J connectivity index is 3.29. The number of rotatable bonds is 0. The lowest BCUT2D eigenvalue weighted by Crippen LogP contribution is -1.98. The van der Waals surface area contributed by atoms with E-state index < -0.39 is 0 Å². The quantitative estimate of drug-likeness (QED) is 0.423. The Labute approximate surface area is 52.4 Å². The van der Waals surface area contributed by atoms with Gasteiger partial charge in [0, 0.05) is 7.05 Å². The van der Waals surface area contributed by atoms with Gasteiger partial charge >= 0.3 is 0 Å². The molecule has 5 nitrogen and oxygen atoms in total. The second kappa shape index (κ2) is 1.54. The maximum Gasteiger partial charge on any atom is 0.171 e. The van der Waals surface area contributed by atoms with E-state index >= 15 is 0 Å². The fraction of sp³-hybridized carbons (Fsp3) is 0.250. The van der Waals surface area contributed by atoms with E-state index in [4.69, 9.17) is 17.2 Å². The average molecular weight is 127 g/mol. The van der Waals surface area contributed by atoms with Gasteiger partial charge in [0.25, 0.3) is 0 Å². The molecule has 0 amide bonds. The summed E-state index contributed by atoms with van der Waals surface area (Å²) in [5, 5.41) is 3.75. The number of nitrogen functional groups attached to an aromatic ring is 3. The fourth-order valence-corrected chi connectivity index (χ4v) is 0.575. The van der Waals surface area contributed by atoms with Crippen molar-refractivity contribution in [3.05, 3.63) is 0 Å². The van der Waals surface area contributed by atoms with Crippen LogP contribution in [0.3, 0.4) is 0 Å². The Morgan fingerprint density at radius 1 is 1.33 bits per heavy atom. The normalized spacial score (nSPS) is 9.89. The van der Waals surface area contributed by atoms with Crippen LogP contribution in [-0.2, 0) is 7.05 Å². The summed E-state index contributed by atoms with van der Waals surface area (Å²) >= 11 is 0. The molecule has 1 aromatic rings. The molecule has 0 spiro atoms. The third-order valence-corrected chi connectivity index (χ3v) is 1.16. The molecular weight excluding hydrogens is 118 g/mol. The molecule has 1 heterocycles. The number of aromatic nitrogens is 2. The lowest BCUT2D eigenvalue weighted by atomic mass is 10.5. The Morgan fingerprint density at radius 2 is 1.89 bits per heavy atom. The molecular formula is C4H9N5. The van der Waals surface area contributed by atoms with Crippen molar-refractivity contribution >= 4 is 17.3 Å². The number of hydrogen-bond donors (Lipinski definition) is 3. The molecule has 0 fully saturated rings. The molecule has 0 unspecified atom stereocenters. The van der Waals surface area contributed by atoms with Gasteiger partial charge in [0.1, 0.15) is 11.5 Å². The van der Waals surface area contributed by atoms with E-state index in [0.29, 0.717) is 11.5 Å². The molecule has 1 rings (SSSR count). The standard InChI is InChI=1S/C4H9N5/c1-9-4(7)2(5)3(6)8-9/h5,7H2,1H3,(H2,6,8). The molecule has 0 saturated carbocycles. The minimum atomic E-state index is 0.287. The van der Waals surface area contributed by atoms with Crippen LogP contribution < -0.4 is 17.2 Å². The highest BCUT2D eigenvalue weighted by Crippen LogP contribution is 2.18. The smallest absolute Gasteiger partial charge is 0.171 e. The predicted molar refractivity (Wildman–Crippen MR) is 36.4 cm³/mol. The third kappa shape index (κ3) is 0.658. The zero-order chi connectivity index (χ0) is 7.02. The Hall–Kier alpha value is -1.39. The van der Waals surface area contributed by atoms with Gasteiger partial charge in [-0.3, -0.25) is 0 Å². The lowest BCUT2D eigenvalue weighted by molar-refractivity contribution is 0.784. The van der Waals surface area contributed by atoms with Crippen LogP contribution in [0.25, 0.3) is 0 Å². The Bertz CT molecular complexity index is 203. The van der Waals surface area contributed by atoms with Gasteiger partial charge in [0.2, 0.25) is 0 Å². The molecule has 6 N–H and O–H groups in total. The molecule has 0 saturated heterocycles. The summed E-state index contributed by atoms with van der Waals surface area (Å²) in [4.78, 5) is 0. The van der Waals surface area contributed by atoms with Crippen molar-refractivity contribution in [1.29, 1.82) is 0 Å². The topological polar surface area (TPSA) is 95.9 Å². The van der Waals surface area contributed by atoms with E-state index in [2.05, 4.69) is 5.10 Å². The van der Waals surface area contributed by atoms with Gasteiger partial charge in [-0.1, -0.05) is 0 Å². The third-order valence-electron chi connectivity index (χ3n) is 1.16. The Kier molecular flexibility index (Phi) is 0.985. The average Bonchev–Trinajstić information content (AvgIpc) is 1.98. The molecule has 0 atom stereocenters. The highest BCUT2D eigenvalue weighted by atomic mass is 15.3. The molecule has 0 aromatic carbocycles. The van der Waals surface area contributed by atoms with E-state index in [-0.39, 0.29) is 5.82 Å². The van der Waals surface area contributed by atoms with E-state index in [1.807, 2.05) is 0 Å². The summed E-state index contributed by atoms with van der Waals surface area (Å²) in [5.74, 6) is 0.697. The second-order valence-electron chi connectivity index (χ2n) is 1.81. The van der Waals surface area contributed by atoms with Gasteiger partial charge in [0.15, 0.2) is 5.82 Å². The first-order valence-electron chi connectivity index (χ1n) is 2.46. The zero-order valence-electron chi connectivity index (χ0n) is 5.13. The lowest BCUT2D eigenvalue weighted by Gasteiger charge is -1.90. The molecule has 0 aliphatic carbocycles. The number of aryl methyl sites for hydroxylation is 1. The highest BCUT2D eigenvalue weighted by Gasteiger charge is 2.04. The molecule has 5 heteroatoms. The maximum atomic E-state index is 5.40. The molecule has 0 radical (unpaired) electrons. The molecule has 0 bridgehead atoms. The SMILES string of the molecule is Cn1nc(N)c(N)c1N. The van der Waals surface area contributed by atoms with Gasteiger partial charge < -0.3 is 17.2 Å². The van der Waals surface area contributed by atoms with Crippen LogP contribution in [0, 0.1) is 0 Å². The van der Waals surface area contributed by atoms with Gasteiger partial charge in [-0.2, -0.15) is 5.10 Å². The number of nitrogens with two attached hydrogens (primary N) is 3. The molecule has 0 aliphatic heterocycles. The van der Waals surface area contributed by atoms with Gasteiger partial charge in [-0.25, -0.2) is 4.68 Å². The van der Waals surface area contributed by atoms with Crippen molar-refractivity contribution in [3.8, 4) is 0 Å². The van der Waals surface area contributed by atoms with E-state index in [1.165, 1.54) is 4.68 Å². The van der Waals surface area contributed by atoms with Crippen molar-refractivity contribution in [2.45, 2.75) is 0 Å². The fourth-order valence-electron chi connectivity index (χ4n) is 0.575. The van der Waals surface area contributed by atoms with Crippen LogP contribution in [0.4, 0.5) is 17.3 Å². The van der Waals surface area contributed by atoms with E-state index in [1.54, 1.807) is 7.05 Å². The van der Waals surface area contributed by atoms with E-state index in [9.17, 15) is 0 Å². The Morgan fingerprint density at radius 3 is 2.00 bits per heavy atom. The van der Waals surface area contributed by atoms with Crippen molar-refractivity contribution in [1.82, 2.24) is 9.78 Å². The highest BCUT2D eigenvalue weighted by molar-refractivity contribution is 5.71. The summed E-state index contributed by atoms with van der Waals surface area (Å²) in [6.07, 6.45) is 0. The van der Waals surface area contributed by atoms with Crippen molar-refractivity contribution in [3.63, 3.8) is 0 Å². The first kappa shape index (κ1) is 5.74. The van der Waals surface area contributed by atoms with Crippen molar-refractivity contribution < 1.29 is 0 Å². The first-order chi connectivity index (χ1) is 4.13. The predicted octanol–water partition coefficient (Wildman–Crippen LogP) is -0.833. The summed E-state index contributed by atoms with van der Waals surface area (Å²) < 4.78 is 1.44. The maximum absolute atomic E-state index is 5.40. The monoisotopic (exact) mass is 127 g/mol. The summed E-state index contributed by atoms with van der Waals surface area (Å²) in [6.45, 7) is 0. The van der Waals surface area contributed by atoms with Crippen LogP contribution in [0.5, 0.6) is 0 Å².